The van der Waals surface area contributed by atoms with Gasteiger partial charge in [0.1, 0.15) is 10.3 Å². The average Bonchev–Trinajstić information content (AvgIpc) is 2.27. The van der Waals surface area contributed by atoms with Gasteiger partial charge in [0.25, 0.3) is 0 Å². The molecule has 0 aromatic carbocycles. The van der Waals surface area contributed by atoms with Crippen molar-refractivity contribution in [3.8, 4) is 11.1 Å². The van der Waals surface area contributed by atoms with Crippen LogP contribution in [0, 0.1) is 6.92 Å². The molecule has 0 aliphatic rings. The first kappa shape index (κ1) is 12.8. The number of hydrogen-bond donors (Lipinski definition) is 1. The van der Waals surface area contributed by atoms with E-state index in [0.29, 0.717) is 16.8 Å². The molecule has 4 nitrogen and oxygen atoms in total. The quantitative estimate of drug-likeness (QED) is 0.857. The monoisotopic (exact) mass is 282 g/mol. The molecule has 0 amide bonds. The van der Waals surface area contributed by atoms with Crippen LogP contribution in [-0.4, -0.2) is 21.0 Å². The number of aromatic carboxylic acids is 1. The molecule has 0 unspecified atom stereocenters. The van der Waals surface area contributed by atoms with Gasteiger partial charge in [0.05, 0.1) is 5.56 Å². The van der Waals surface area contributed by atoms with E-state index < -0.39 is 5.97 Å². The van der Waals surface area contributed by atoms with Crippen LogP contribution < -0.4 is 0 Å². The molecule has 0 radical (unpaired) electrons. The predicted molar refractivity (Wildman–Crippen MR) is 69.2 cm³/mol. The summed E-state index contributed by atoms with van der Waals surface area (Å²) in [6.45, 7) is 1.78. The molecule has 92 valence electrons. The van der Waals surface area contributed by atoms with E-state index in [1.54, 1.807) is 25.1 Å². The van der Waals surface area contributed by atoms with Gasteiger partial charge in [0.15, 0.2) is 0 Å². The summed E-state index contributed by atoms with van der Waals surface area (Å²) >= 11 is 11.6. The van der Waals surface area contributed by atoms with Gasteiger partial charge in [-0.15, -0.1) is 0 Å². The Balaban J connectivity index is 2.68. The summed E-state index contributed by atoms with van der Waals surface area (Å²) in [4.78, 5) is 18.9. The summed E-state index contributed by atoms with van der Waals surface area (Å²) in [5.41, 5.74) is 1.92. The summed E-state index contributed by atoms with van der Waals surface area (Å²) in [5, 5.41) is 9.56. The molecule has 2 heterocycles. The standard InChI is InChI=1S/C12H8Cl2N2O2/c1-6-2-8(9(5-15-6)12(17)18)7-3-10(13)16-11(14)4-7/h2-5H,1H3,(H,17,18). The number of carbonyl (C=O) groups is 1. The summed E-state index contributed by atoms with van der Waals surface area (Å²) < 4.78 is 0. The van der Waals surface area contributed by atoms with Crippen molar-refractivity contribution in [1.29, 1.82) is 0 Å². The fourth-order valence-electron chi connectivity index (χ4n) is 1.59. The Labute approximate surface area is 113 Å². The number of halogens is 2. The van der Waals surface area contributed by atoms with Crippen LogP contribution in [0.4, 0.5) is 0 Å². The number of aryl methyl sites for hydroxylation is 1. The summed E-state index contributed by atoms with van der Waals surface area (Å²) in [6, 6.07) is 4.80. The number of carboxylic acid groups (broad SMARTS) is 1. The first-order chi connectivity index (χ1) is 8.47. The SMILES string of the molecule is Cc1cc(-c2cc(Cl)nc(Cl)c2)c(C(=O)O)cn1. The van der Waals surface area contributed by atoms with Crippen LogP contribution in [0.1, 0.15) is 16.1 Å². The van der Waals surface area contributed by atoms with Crippen molar-refractivity contribution in [2.75, 3.05) is 0 Å². The van der Waals surface area contributed by atoms with Gasteiger partial charge in [-0.1, -0.05) is 23.2 Å². The third-order valence-electron chi connectivity index (χ3n) is 2.34. The fraction of sp³-hybridized carbons (Fsp3) is 0.0833. The lowest BCUT2D eigenvalue weighted by atomic mass is 10.0. The lowest BCUT2D eigenvalue weighted by molar-refractivity contribution is 0.0697. The van der Waals surface area contributed by atoms with E-state index in [2.05, 4.69) is 9.97 Å². The number of nitrogens with zero attached hydrogens (tertiary/aromatic N) is 2. The first-order valence-electron chi connectivity index (χ1n) is 5.01. The van der Waals surface area contributed by atoms with Gasteiger partial charge in [-0.25, -0.2) is 9.78 Å². The second-order valence-corrected chi connectivity index (χ2v) is 4.45. The third kappa shape index (κ3) is 2.60. The van der Waals surface area contributed by atoms with E-state index in [4.69, 9.17) is 28.3 Å². The van der Waals surface area contributed by atoms with Crippen LogP contribution in [0.15, 0.2) is 24.4 Å². The van der Waals surface area contributed by atoms with Gasteiger partial charge in [-0.3, -0.25) is 4.98 Å². The van der Waals surface area contributed by atoms with Gasteiger partial charge >= 0.3 is 5.97 Å². The Kier molecular flexibility index (Phi) is 3.50. The van der Waals surface area contributed by atoms with Crippen LogP contribution in [-0.2, 0) is 0 Å². The molecule has 0 bridgehead atoms. The summed E-state index contributed by atoms with van der Waals surface area (Å²) in [5.74, 6) is -1.05. The minimum atomic E-state index is -1.05. The first-order valence-corrected chi connectivity index (χ1v) is 5.76. The zero-order valence-corrected chi connectivity index (χ0v) is 10.8. The molecule has 0 aliphatic heterocycles. The molecular weight excluding hydrogens is 275 g/mol. The largest absolute Gasteiger partial charge is 0.478 e. The number of carboxylic acids is 1. The second-order valence-electron chi connectivity index (χ2n) is 3.68. The Morgan fingerprint density at radius 3 is 2.39 bits per heavy atom. The Bertz CT molecular complexity index is 609. The number of hydrogen-bond acceptors (Lipinski definition) is 3. The summed E-state index contributed by atoms with van der Waals surface area (Å²) in [7, 11) is 0. The van der Waals surface area contributed by atoms with Crippen molar-refractivity contribution >= 4 is 29.2 Å². The van der Waals surface area contributed by atoms with Crippen LogP contribution in [0.3, 0.4) is 0 Å². The predicted octanol–water partition coefficient (Wildman–Crippen LogP) is 3.46. The van der Waals surface area contributed by atoms with Gasteiger partial charge < -0.3 is 5.11 Å². The lowest BCUT2D eigenvalue weighted by Crippen LogP contribution is -2.01. The van der Waals surface area contributed by atoms with E-state index in [0.717, 1.165) is 0 Å². The smallest absolute Gasteiger partial charge is 0.337 e. The van der Waals surface area contributed by atoms with E-state index in [-0.39, 0.29) is 15.9 Å². The highest BCUT2D eigenvalue weighted by Crippen LogP contribution is 2.28. The van der Waals surface area contributed by atoms with Gasteiger partial charge in [0.2, 0.25) is 0 Å². The van der Waals surface area contributed by atoms with Gasteiger partial charge in [0, 0.05) is 11.9 Å². The zero-order valence-electron chi connectivity index (χ0n) is 9.32. The molecule has 1 N–H and O–H groups in total. The second kappa shape index (κ2) is 4.92. The van der Waals surface area contributed by atoms with Crippen LogP contribution >= 0.6 is 23.2 Å². The van der Waals surface area contributed by atoms with Gasteiger partial charge in [-0.2, -0.15) is 0 Å². The van der Waals surface area contributed by atoms with E-state index >= 15 is 0 Å². The average molecular weight is 283 g/mol. The molecule has 18 heavy (non-hydrogen) atoms. The minimum absolute atomic E-state index is 0.0962. The molecular formula is C12H8Cl2N2O2. The van der Waals surface area contributed by atoms with Crippen LogP contribution in [0.2, 0.25) is 10.3 Å². The molecule has 2 aromatic rings. The van der Waals surface area contributed by atoms with E-state index in [1.807, 2.05) is 0 Å². The summed E-state index contributed by atoms with van der Waals surface area (Å²) in [6.07, 6.45) is 1.31. The van der Waals surface area contributed by atoms with E-state index in [9.17, 15) is 4.79 Å². The lowest BCUT2D eigenvalue weighted by Gasteiger charge is -2.07. The number of rotatable bonds is 2. The minimum Gasteiger partial charge on any atom is -0.478 e. The van der Waals surface area contributed by atoms with Gasteiger partial charge in [-0.05, 0) is 36.2 Å². The topological polar surface area (TPSA) is 63.1 Å². The maximum absolute atomic E-state index is 11.2. The van der Waals surface area contributed by atoms with Crippen molar-refractivity contribution < 1.29 is 9.90 Å². The molecule has 2 aromatic heterocycles. The molecule has 0 fully saturated rings. The van der Waals surface area contributed by atoms with Crippen LogP contribution in [0.25, 0.3) is 11.1 Å². The molecule has 0 saturated heterocycles. The highest BCUT2D eigenvalue weighted by molar-refractivity contribution is 6.32. The molecule has 0 spiro atoms. The highest BCUT2D eigenvalue weighted by atomic mass is 35.5. The van der Waals surface area contributed by atoms with Crippen molar-refractivity contribution in [1.82, 2.24) is 9.97 Å². The van der Waals surface area contributed by atoms with E-state index in [1.165, 1.54) is 6.20 Å². The molecule has 2 rings (SSSR count). The van der Waals surface area contributed by atoms with Crippen LogP contribution in [0.5, 0.6) is 0 Å². The maximum Gasteiger partial charge on any atom is 0.337 e. The highest BCUT2D eigenvalue weighted by Gasteiger charge is 2.14. The Morgan fingerprint density at radius 2 is 1.83 bits per heavy atom. The number of pyridine rings is 2. The molecule has 0 saturated carbocycles. The van der Waals surface area contributed by atoms with Crippen molar-refractivity contribution in [3.05, 3.63) is 46.0 Å². The van der Waals surface area contributed by atoms with Crippen molar-refractivity contribution in [3.63, 3.8) is 0 Å². The fourth-order valence-corrected chi connectivity index (χ4v) is 2.05. The molecule has 6 heteroatoms. The molecule has 0 atom stereocenters. The number of aromatic nitrogens is 2. The Morgan fingerprint density at radius 1 is 1.22 bits per heavy atom. The van der Waals surface area contributed by atoms with Crippen molar-refractivity contribution in [2.24, 2.45) is 0 Å². The maximum atomic E-state index is 11.2. The zero-order chi connectivity index (χ0) is 13.3. The van der Waals surface area contributed by atoms with Crippen molar-refractivity contribution in [2.45, 2.75) is 6.92 Å². The Hall–Kier alpha value is -1.65. The molecule has 0 aliphatic carbocycles. The third-order valence-corrected chi connectivity index (χ3v) is 2.73. The normalized spacial score (nSPS) is 10.4.